The van der Waals surface area contributed by atoms with E-state index in [1.807, 2.05) is 37.3 Å². The van der Waals surface area contributed by atoms with Gasteiger partial charge in [0, 0.05) is 30.7 Å². The summed E-state index contributed by atoms with van der Waals surface area (Å²) < 4.78 is 0. The lowest BCUT2D eigenvalue weighted by atomic mass is 9.89. The van der Waals surface area contributed by atoms with E-state index in [4.69, 9.17) is 0 Å². The molecule has 0 saturated carbocycles. The first-order valence-corrected chi connectivity index (χ1v) is 10.2. The molecule has 144 valence electrons. The SMILES string of the molecule is CCCC(=O)c1cccc(CC(=O)CCC2=CC=C(c3ccccc3)C2C)c1. The average molecular weight is 373 g/mol. The molecule has 0 spiro atoms. The van der Waals surface area contributed by atoms with Gasteiger partial charge in [0.1, 0.15) is 5.78 Å². The third kappa shape index (κ3) is 4.95. The van der Waals surface area contributed by atoms with Crippen LogP contribution in [0.1, 0.15) is 61.0 Å². The number of benzene rings is 2. The minimum atomic E-state index is 0.154. The van der Waals surface area contributed by atoms with Crippen LogP contribution in [0.5, 0.6) is 0 Å². The van der Waals surface area contributed by atoms with Crippen LogP contribution in [0.2, 0.25) is 0 Å². The van der Waals surface area contributed by atoms with Crippen molar-refractivity contribution in [1.29, 1.82) is 0 Å². The van der Waals surface area contributed by atoms with E-state index < -0.39 is 0 Å². The topological polar surface area (TPSA) is 34.1 Å². The molecule has 2 aromatic rings. The van der Waals surface area contributed by atoms with Crippen LogP contribution in [0, 0.1) is 5.92 Å². The highest BCUT2D eigenvalue weighted by Gasteiger charge is 2.20. The summed E-state index contributed by atoms with van der Waals surface area (Å²) in [6.45, 7) is 4.22. The summed E-state index contributed by atoms with van der Waals surface area (Å²) in [6, 6.07) is 18.0. The second-order valence-corrected chi connectivity index (χ2v) is 7.54. The molecule has 2 aromatic carbocycles. The van der Waals surface area contributed by atoms with Crippen LogP contribution in [0.25, 0.3) is 5.57 Å². The van der Waals surface area contributed by atoms with Gasteiger partial charge in [0.05, 0.1) is 0 Å². The number of allylic oxidation sites excluding steroid dienone is 4. The van der Waals surface area contributed by atoms with Gasteiger partial charge in [0.15, 0.2) is 5.78 Å². The van der Waals surface area contributed by atoms with Gasteiger partial charge in [-0.3, -0.25) is 9.59 Å². The number of Topliss-reactive ketones (excluding diaryl/α,β-unsaturated/α-hetero) is 2. The summed E-state index contributed by atoms with van der Waals surface area (Å²) in [5.41, 5.74) is 5.55. The average Bonchev–Trinajstić information content (AvgIpc) is 3.08. The van der Waals surface area contributed by atoms with Crippen molar-refractivity contribution in [3.8, 4) is 0 Å². The van der Waals surface area contributed by atoms with Crippen molar-refractivity contribution in [3.63, 3.8) is 0 Å². The summed E-state index contributed by atoms with van der Waals surface area (Å²) in [4.78, 5) is 24.6. The van der Waals surface area contributed by atoms with Crippen LogP contribution in [0.4, 0.5) is 0 Å². The maximum absolute atomic E-state index is 12.5. The van der Waals surface area contributed by atoms with Gasteiger partial charge in [0.25, 0.3) is 0 Å². The van der Waals surface area contributed by atoms with Crippen molar-refractivity contribution in [2.75, 3.05) is 0 Å². The van der Waals surface area contributed by atoms with E-state index in [1.165, 1.54) is 16.7 Å². The fourth-order valence-corrected chi connectivity index (χ4v) is 3.79. The Morgan fingerprint density at radius 1 is 0.929 bits per heavy atom. The zero-order chi connectivity index (χ0) is 19.9. The lowest BCUT2D eigenvalue weighted by Crippen LogP contribution is -2.07. The molecule has 1 aliphatic rings. The van der Waals surface area contributed by atoms with Crippen molar-refractivity contribution < 1.29 is 9.59 Å². The predicted molar refractivity (Wildman–Crippen MR) is 115 cm³/mol. The van der Waals surface area contributed by atoms with Crippen LogP contribution in [-0.2, 0) is 11.2 Å². The number of hydrogen-bond donors (Lipinski definition) is 0. The summed E-state index contributed by atoms with van der Waals surface area (Å²) in [5, 5.41) is 0. The third-order valence-electron chi connectivity index (χ3n) is 5.43. The molecule has 0 heterocycles. The molecular formula is C26H28O2. The molecule has 0 bridgehead atoms. The van der Waals surface area contributed by atoms with Crippen molar-refractivity contribution in [2.45, 2.75) is 46.0 Å². The largest absolute Gasteiger partial charge is 0.299 e. The summed E-state index contributed by atoms with van der Waals surface area (Å²) in [6.07, 6.45) is 7.48. The molecule has 3 rings (SSSR count). The van der Waals surface area contributed by atoms with Crippen LogP contribution < -0.4 is 0 Å². The maximum Gasteiger partial charge on any atom is 0.162 e. The number of ketones is 2. The first-order chi connectivity index (χ1) is 13.6. The minimum absolute atomic E-state index is 0.154. The Morgan fingerprint density at radius 2 is 1.71 bits per heavy atom. The second-order valence-electron chi connectivity index (χ2n) is 7.54. The quantitative estimate of drug-likeness (QED) is 0.490. The monoisotopic (exact) mass is 372 g/mol. The van der Waals surface area contributed by atoms with Gasteiger partial charge >= 0.3 is 0 Å². The standard InChI is InChI=1S/C26H28O2/c1-3-8-26(28)23-12-7-9-20(17-23)18-24(27)15-13-21-14-16-25(19(21)2)22-10-5-4-6-11-22/h4-7,9-12,14,16-17,19H,3,8,13,15,18H2,1-2H3. The Kier molecular flexibility index (Phi) is 6.76. The molecule has 2 nitrogen and oxygen atoms in total. The highest BCUT2D eigenvalue weighted by atomic mass is 16.1. The van der Waals surface area contributed by atoms with E-state index in [0.29, 0.717) is 25.2 Å². The molecule has 0 N–H and O–H groups in total. The van der Waals surface area contributed by atoms with Gasteiger partial charge in [-0.05, 0) is 35.6 Å². The van der Waals surface area contributed by atoms with E-state index in [1.54, 1.807) is 0 Å². The third-order valence-corrected chi connectivity index (χ3v) is 5.43. The van der Waals surface area contributed by atoms with Crippen LogP contribution in [-0.4, -0.2) is 11.6 Å². The van der Waals surface area contributed by atoms with Gasteiger partial charge in [-0.15, -0.1) is 0 Å². The van der Waals surface area contributed by atoms with Crippen molar-refractivity contribution in [3.05, 3.63) is 89.0 Å². The Morgan fingerprint density at radius 3 is 2.46 bits per heavy atom. The second kappa shape index (κ2) is 9.45. The molecule has 1 aliphatic carbocycles. The van der Waals surface area contributed by atoms with Gasteiger partial charge in [-0.2, -0.15) is 0 Å². The highest BCUT2D eigenvalue weighted by Crippen LogP contribution is 2.36. The van der Waals surface area contributed by atoms with E-state index >= 15 is 0 Å². The Hall–Kier alpha value is -2.74. The number of hydrogen-bond acceptors (Lipinski definition) is 2. The van der Waals surface area contributed by atoms with Crippen LogP contribution in [0.15, 0.2) is 72.3 Å². The molecule has 28 heavy (non-hydrogen) atoms. The molecule has 1 atom stereocenters. The zero-order valence-electron chi connectivity index (χ0n) is 16.8. The van der Waals surface area contributed by atoms with Gasteiger partial charge in [-0.1, -0.05) is 80.1 Å². The first kappa shape index (κ1) is 20.0. The molecule has 0 radical (unpaired) electrons. The Labute approximate surface area is 168 Å². The van der Waals surface area contributed by atoms with Crippen molar-refractivity contribution in [2.24, 2.45) is 5.92 Å². The molecule has 0 aromatic heterocycles. The molecule has 0 amide bonds. The number of rotatable bonds is 9. The predicted octanol–water partition coefficient (Wildman–Crippen LogP) is 6.22. The molecule has 2 heteroatoms. The lowest BCUT2D eigenvalue weighted by molar-refractivity contribution is -0.118. The van der Waals surface area contributed by atoms with E-state index in [-0.39, 0.29) is 11.6 Å². The summed E-state index contributed by atoms with van der Waals surface area (Å²) in [7, 11) is 0. The van der Waals surface area contributed by atoms with Crippen LogP contribution >= 0.6 is 0 Å². The van der Waals surface area contributed by atoms with Gasteiger partial charge in [0.2, 0.25) is 0 Å². The minimum Gasteiger partial charge on any atom is -0.299 e. The van der Waals surface area contributed by atoms with Crippen molar-refractivity contribution in [1.82, 2.24) is 0 Å². The normalized spacial score (nSPS) is 15.9. The first-order valence-electron chi connectivity index (χ1n) is 10.2. The van der Waals surface area contributed by atoms with E-state index in [0.717, 1.165) is 24.0 Å². The molecule has 0 saturated heterocycles. The van der Waals surface area contributed by atoms with E-state index in [2.05, 4.69) is 43.3 Å². The molecular weight excluding hydrogens is 344 g/mol. The number of carbonyl (C=O) groups excluding carboxylic acids is 2. The van der Waals surface area contributed by atoms with E-state index in [9.17, 15) is 9.59 Å². The Balaban J connectivity index is 1.53. The summed E-state index contributed by atoms with van der Waals surface area (Å²) in [5.74, 6) is 0.729. The number of carbonyl (C=O) groups is 2. The molecule has 1 unspecified atom stereocenters. The summed E-state index contributed by atoms with van der Waals surface area (Å²) >= 11 is 0. The van der Waals surface area contributed by atoms with Crippen molar-refractivity contribution >= 4 is 17.1 Å². The maximum atomic E-state index is 12.5. The van der Waals surface area contributed by atoms with Crippen LogP contribution in [0.3, 0.4) is 0 Å². The zero-order valence-corrected chi connectivity index (χ0v) is 16.8. The fraction of sp³-hybridized carbons (Fsp3) is 0.308. The Bertz CT molecular complexity index is 903. The molecule has 0 fully saturated rings. The van der Waals surface area contributed by atoms with Gasteiger partial charge < -0.3 is 0 Å². The lowest BCUT2D eigenvalue weighted by Gasteiger charge is -2.15. The highest BCUT2D eigenvalue weighted by molar-refractivity contribution is 5.96. The molecule has 0 aliphatic heterocycles. The smallest absolute Gasteiger partial charge is 0.162 e. The van der Waals surface area contributed by atoms with Gasteiger partial charge in [-0.25, -0.2) is 0 Å². The fourth-order valence-electron chi connectivity index (χ4n) is 3.79.